The quantitative estimate of drug-likeness (QED) is 0.324. The summed E-state index contributed by atoms with van der Waals surface area (Å²) in [4.78, 5) is 17.4. The summed E-state index contributed by atoms with van der Waals surface area (Å²) in [5.41, 5.74) is 4.13. The molecule has 29 heavy (non-hydrogen) atoms. The Morgan fingerprint density at radius 2 is 1.72 bits per heavy atom. The van der Waals surface area contributed by atoms with Crippen molar-refractivity contribution in [3.63, 3.8) is 0 Å². The van der Waals surface area contributed by atoms with Gasteiger partial charge in [0.2, 0.25) is 0 Å². The highest BCUT2D eigenvalue weighted by Crippen LogP contribution is 2.29. The molecule has 0 saturated heterocycles. The van der Waals surface area contributed by atoms with Gasteiger partial charge in [0.05, 0.1) is 18.9 Å². The molecule has 0 spiro atoms. The highest BCUT2D eigenvalue weighted by atomic mass is 19.1. The first kappa shape index (κ1) is 20.2. The summed E-state index contributed by atoms with van der Waals surface area (Å²) in [6, 6.07) is 16.1. The largest absolute Gasteiger partial charge is 0.465 e. The molecule has 0 saturated carbocycles. The number of aryl methyl sites for hydroxylation is 1. The van der Waals surface area contributed by atoms with Crippen LogP contribution in [0.3, 0.4) is 0 Å². The molecule has 0 unspecified atom stereocenters. The van der Waals surface area contributed by atoms with E-state index in [-0.39, 0.29) is 12.2 Å². The van der Waals surface area contributed by atoms with Gasteiger partial charge in [-0.25, -0.2) is 13.6 Å². The van der Waals surface area contributed by atoms with Crippen molar-refractivity contribution in [2.24, 2.45) is 5.16 Å². The van der Waals surface area contributed by atoms with E-state index in [1.165, 1.54) is 13.3 Å². The minimum atomic E-state index is -0.687. The SMILES string of the molecule is COC(=O)c1ccc(CO/N=C/c2cc(F)cc(F)c2)cc1-c1ccccc1C. The minimum absolute atomic E-state index is 0.120. The Hall–Kier alpha value is -3.54. The summed E-state index contributed by atoms with van der Waals surface area (Å²) < 4.78 is 31.3. The first-order valence-corrected chi connectivity index (χ1v) is 8.86. The number of rotatable bonds is 6. The maximum absolute atomic E-state index is 13.2. The molecule has 0 bridgehead atoms. The lowest BCUT2D eigenvalue weighted by molar-refractivity contribution is 0.0601. The monoisotopic (exact) mass is 395 g/mol. The molecule has 0 amide bonds. The van der Waals surface area contributed by atoms with Crippen molar-refractivity contribution in [1.82, 2.24) is 0 Å². The van der Waals surface area contributed by atoms with Crippen molar-refractivity contribution < 1.29 is 23.1 Å². The second kappa shape index (κ2) is 9.10. The Bertz CT molecular complexity index is 1040. The fraction of sp³-hybridized carbons (Fsp3) is 0.130. The van der Waals surface area contributed by atoms with Crippen LogP contribution in [0.2, 0.25) is 0 Å². The number of benzene rings is 3. The van der Waals surface area contributed by atoms with Gasteiger partial charge in [-0.15, -0.1) is 0 Å². The van der Waals surface area contributed by atoms with Crippen LogP contribution in [-0.4, -0.2) is 19.3 Å². The molecule has 0 fully saturated rings. The molecular weight excluding hydrogens is 376 g/mol. The predicted molar refractivity (Wildman–Crippen MR) is 107 cm³/mol. The normalized spacial score (nSPS) is 10.9. The van der Waals surface area contributed by atoms with Crippen LogP contribution < -0.4 is 0 Å². The summed E-state index contributed by atoms with van der Waals surface area (Å²) in [5.74, 6) is -1.80. The highest BCUT2D eigenvalue weighted by molar-refractivity contribution is 5.97. The van der Waals surface area contributed by atoms with E-state index in [4.69, 9.17) is 9.57 Å². The maximum Gasteiger partial charge on any atom is 0.338 e. The lowest BCUT2D eigenvalue weighted by atomic mass is 9.94. The van der Waals surface area contributed by atoms with Crippen LogP contribution in [0.5, 0.6) is 0 Å². The van der Waals surface area contributed by atoms with Gasteiger partial charge in [-0.3, -0.25) is 0 Å². The molecule has 3 aromatic rings. The first-order valence-electron chi connectivity index (χ1n) is 8.86. The number of carbonyl (C=O) groups is 1. The fourth-order valence-electron chi connectivity index (χ4n) is 2.93. The average molecular weight is 395 g/mol. The zero-order valence-electron chi connectivity index (χ0n) is 16.0. The van der Waals surface area contributed by atoms with E-state index in [9.17, 15) is 13.6 Å². The van der Waals surface area contributed by atoms with E-state index in [1.807, 2.05) is 37.3 Å². The number of oxime groups is 1. The van der Waals surface area contributed by atoms with Crippen LogP contribution in [0, 0.1) is 18.6 Å². The minimum Gasteiger partial charge on any atom is -0.465 e. The standard InChI is InChI=1S/C23H19F2NO3/c1-15-5-3-4-6-20(15)22-11-16(7-8-21(22)23(27)28-2)14-29-26-13-17-9-18(24)12-19(25)10-17/h3-13H,14H2,1-2H3/b26-13+. The van der Waals surface area contributed by atoms with Gasteiger partial charge in [0.1, 0.15) is 18.2 Å². The molecule has 148 valence electrons. The van der Waals surface area contributed by atoms with Crippen LogP contribution in [0.1, 0.15) is 27.0 Å². The summed E-state index contributed by atoms with van der Waals surface area (Å²) in [6.07, 6.45) is 1.23. The molecule has 3 rings (SSSR count). The Kier molecular flexibility index (Phi) is 6.34. The number of nitrogens with zero attached hydrogens (tertiary/aromatic N) is 1. The summed E-state index contributed by atoms with van der Waals surface area (Å²) in [5, 5.41) is 3.76. The van der Waals surface area contributed by atoms with Gasteiger partial charge in [-0.2, -0.15) is 0 Å². The Balaban J connectivity index is 1.81. The Morgan fingerprint density at radius 1 is 1.00 bits per heavy atom. The average Bonchev–Trinajstić information content (AvgIpc) is 2.70. The molecule has 0 aliphatic rings. The van der Waals surface area contributed by atoms with Gasteiger partial charge >= 0.3 is 5.97 Å². The maximum atomic E-state index is 13.2. The summed E-state index contributed by atoms with van der Waals surface area (Å²) in [6.45, 7) is 2.08. The summed E-state index contributed by atoms with van der Waals surface area (Å²) >= 11 is 0. The van der Waals surface area contributed by atoms with E-state index in [1.54, 1.807) is 12.1 Å². The lowest BCUT2D eigenvalue weighted by Gasteiger charge is -2.12. The second-order valence-electron chi connectivity index (χ2n) is 6.40. The zero-order chi connectivity index (χ0) is 20.8. The van der Waals surface area contributed by atoms with Crippen LogP contribution in [0.4, 0.5) is 8.78 Å². The van der Waals surface area contributed by atoms with Gasteiger partial charge in [-0.05, 0) is 53.4 Å². The van der Waals surface area contributed by atoms with Crippen molar-refractivity contribution in [3.05, 3.63) is 94.6 Å². The van der Waals surface area contributed by atoms with Crippen molar-refractivity contribution in [2.75, 3.05) is 7.11 Å². The van der Waals surface area contributed by atoms with Crippen LogP contribution in [-0.2, 0) is 16.2 Å². The molecule has 0 aliphatic heterocycles. The van der Waals surface area contributed by atoms with Crippen molar-refractivity contribution >= 4 is 12.2 Å². The second-order valence-corrected chi connectivity index (χ2v) is 6.40. The fourth-order valence-corrected chi connectivity index (χ4v) is 2.93. The summed E-state index contributed by atoms with van der Waals surface area (Å²) in [7, 11) is 1.34. The molecule has 0 atom stereocenters. The van der Waals surface area contributed by atoms with E-state index in [0.717, 1.165) is 40.5 Å². The number of methoxy groups -OCH3 is 1. The van der Waals surface area contributed by atoms with Gasteiger partial charge in [0.15, 0.2) is 0 Å². The van der Waals surface area contributed by atoms with Crippen molar-refractivity contribution in [1.29, 1.82) is 0 Å². The van der Waals surface area contributed by atoms with Crippen molar-refractivity contribution in [2.45, 2.75) is 13.5 Å². The first-order chi connectivity index (χ1) is 14.0. The van der Waals surface area contributed by atoms with E-state index in [0.29, 0.717) is 5.56 Å². The Morgan fingerprint density at radius 3 is 2.41 bits per heavy atom. The van der Waals surface area contributed by atoms with Crippen LogP contribution >= 0.6 is 0 Å². The van der Waals surface area contributed by atoms with E-state index < -0.39 is 17.6 Å². The highest BCUT2D eigenvalue weighted by Gasteiger charge is 2.15. The zero-order valence-corrected chi connectivity index (χ0v) is 16.0. The van der Waals surface area contributed by atoms with Gasteiger partial charge in [0, 0.05) is 11.6 Å². The molecule has 0 N–H and O–H groups in total. The van der Waals surface area contributed by atoms with Crippen LogP contribution in [0.25, 0.3) is 11.1 Å². The van der Waals surface area contributed by atoms with Gasteiger partial charge < -0.3 is 9.57 Å². The smallest absolute Gasteiger partial charge is 0.338 e. The molecule has 0 radical (unpaired) electrons. The van der Waals surface area contributed by atoms with Crippen LogP contribution in [0.15, 0.2) is 65.8 Å². The number of hydrogen-bond acceptors (Lipinski definition) is 4. The molecule has 3 aromatic carbocycles. The number of ether oxygens (including phenoxy) is 1. The number of carbonyl (C=O) groups excluding carboxylic acids is 1. The molecule has 0 aromatic heterocycles. The van der Waals surface area contributed by atoms with Gasteiger partial charge in [-0.1, -0.05) is 35.5 Å². The molecule has 6 heteroatoms. The molecule has 0 aliphatic carbocycles. The topological polar surface area (TPSA) is 47.9 Å². The van der Waals surface area contributed by atoms with Gasteiger partial charge in [0.25, 0.3) is 0 Å². The van der Waals surface area contributed by atoms with Crippen molar-refractivity contribution in [3.8, 4) is 11.1 Å². The molecule has 0 heterocycles. The lowest BCUT2D eigenvalue weighted by Crippen LogP contribution is -2.05. The third-order valence-corrected chi connectivity index (χ3v) is 4.32. The van der Waals surface area contributed by atoms with E-state index in [2.05, 4.69) is 5.16 Å². The molecule has 4 nitrogen and oxygen atoms in total. The molecular formula is C23H19F2NO3. The third-order valence-electron chi connectivity index (χ3n) is 4.32. The number of hydrogen-bond donors (Lipinski definition) is 0. The Labute approximate surface area is 167 Å². The number of esters is 1. The predicted octanol–water partition coefficient (Wildman–Crippen LogP) is 5.28. The van der Waals surface area contributed by atoms with E-state index >= 15 is 0 Å². The third kappa shape index (κ3) is 5.04. The number of halogens is 2.